The predicted molar refractivity (Wildman–Crippen MR) is 138 cm³/mol. The number of thiazole rings is 1. The van der Waals surface area contributed by atoms with Gasteiger partial charge in [-0.3, -0.25) is 9.69 Å². The van der Waals surface area contributed by atoms with Crippen molar-refractivity contribution in [1.82, 2.24) is 14.5 Å². The molecule has 2 aromatic heterocycles. The molecule has 3 heterocycles. The maximum Gasteiger partial charge on any atom is 0.230 e. The molecule has 8 heteroatoms. The van der Waals surface area contributed by atoms with E-state index in [1.165, 1.54) is 11.3 Å². The van der Waals surface area contributed by atoms with Gasteiger partial charge in [0.25, 0.3) is 0 Å². The van der Waals surface area contributed by atoms with E-state index >= 15 is 0 Å². The summed E-state index contributed by atoms with van der Waals surface area (Å²) in [6.45, 7) is 3.19. The molecule has 5 rings (SSSR count). The number of hydrogen-bond acceptors (Lipinski definition) is 6. The molecule has 1 fully saturated rings. The number of rotatable bonds is 8. The fourth-order valence-electron chi connectivity index (χ4n) is 4.09. The first-order chi connectivity index (χ1) is 16.7. The molecule has 1 aliphatic heterocycles. The Bertz CT molecular complexity index is 1230. The lowest BCUT2D eigenvalue weighted by Crippen LogP contribution is -2.22. The van der Waals surface area contributed by atoms with E-state index in [2.05, 4.69) is 28.8 Å². The Balaban J connectivity index is 1.36. The van der Waals surface area contributed by atoms with Crippen LogP contribution in [-0.2, 0) is 21.8 Å². The first kappa shape index (κ1) is 22.8. The molecule has 0 radical (unpaired) electrons. The number of aromatic nitrogens is 3. The molecule has 0 aliphatic carbocycles. The van der Waals surface area contributed by atoms with Crippen molar-refractivity contribution in [3.8, 4) is 11.3 Å². The number of ether oxygens (including phenoxy) is 1. The molecule has 174 valence electrons. The van der Waals surface area contributed by atoms with E-state index in [0.717, 1.165) is 53.8 Å². The SMILES string of the molecule is CC(=O)N(c1ccccc1)c1nc(CSc2ncc(-c3ccccc3)n2CC2CCCO2)cs1. The van der Waals surface area contributed by atoms with E-state index in [4.69, 9.17) is 14.7 Å². The van der Waals surface area contributed by atoms with Crippen LogP contribution in [0.4, 0.5) is 10.8 Å². The van der Waals surface area contributed by atoms with Gasteiger partial charge in [-0.05, 0) is 30.5 Å². The largest absolute Gasteiger partial charge is 0.376 e. The lowest BCUT2D eigenvalue weighted by molar-refractivity contribution is -0.115. The maximum absolute atomic E-state index is 12.3. The Hall–Kier alpha value is -2.94. The van der Waals surface area contributed by atoms with Gasteiger partial charge >= 0.3 is 0 Å². The van der Waals surface area contributed by atoms with Gasteiger partial charge in [-0.25, -0.2) is 9.97 Å². The first-order valence-corrected chi connectivity index (χ1v) is 13.2. The van der Waals surface area contributed by atoms with E-state index in [-0.39, 0.29) is 12.0 Å². The molecule has 0 N–H and O–H groups in total. The summed E-state index contributed by atoms with van der Waals surface area (Å²) < 4.78 is 8.20. The van der Waals surface area contributed by atoms with Crippen LogP contribution in [0.3, 0.4) is 0 Å². The fourth-order valence-corrected chi connectivity index (χ4v) is 5.96. The van der Waals surface area contributed by atoms with E-state index in [1.54, 1.807) is 23.6 Å². The van der Waals surface area contributed by atoms with Crippen molar-refractivity contribution in [3.63, 3.8) is 0 Å². The van der Waals surface area contributed by atoms with Gasteiger partial charge in [0.2, 0.25) is 5.91 Å². The molecule has 2 aromatic carbocycles. The average Bonchev–Trinajstić information content (AvgIpc) is 3.62. The molecule has 6 nitrogen and oxygen atoms in total. The second-order valence-corrected chi connectivity index (χ2v) is 9.92. The number of para-hydroxylation sites is 1. The van der Waals surface area contributed by atoms with Gasteiger partial charge < -0.3 is 9.30 Å². The summed E-state index contributed by atoms with van der Waals surface area (Å²) >= 11 is 3.15. The summed E-state index contributed by atoms with van der Waals surface area (Å²) in [4.78, 5) is 23.5. The van der Waals surface area contributed by atoms with Crippen LogP contribution in [0.15, 0.2) is 77.4 Å². The Morgan fingerprint density at radius 1 is 1.18 bits per heavy atom. The topological polar surface area (TPSA) is 60.2 Å². The van der Waals surface area contributed by atoms with E-state index in [0.29, 0.717) is 10.9 Å². The second-order valence-electron chi connectivity index (χ2n) is 8.14. The quantitative estimate of drug-likeness (QED) is 0.277. The van der Waals surface area contributed by atoms with Gasteiger partial charge in [-0.1, -0.05) is 60.3 Å². The van der Waals surface area contributed by atoms with Crippen LogP contribution in [0, 0.1) is 0 Å². The van der Waals surface area contributed by atoms with Gasteiger partial charge in [0.1, 0.15) is 0 Å². The summed E-state index contributed by atoms with van der Waals surface area (Å²) in [5.74, 6) is 0.618. The van der Waals surface area contributed by atoms with Crippen LogP contribution >= 0.6 is 23.1 Å². The normalized spacial score (nSPS) is 15.5. The minimum absolute atomic E-state index is 0.0561. The van der Waals surface area contributed by atoms with Crippen LogP contribution < -0.4 is 4.90 Å². The Labute approximate surface area is 207 Å². The smallest absolute Gasteiger partial charge is 0.230 e. The van der Waals surface area contributed by atoms with E-state index < -0.39 is 0 Å². The van der Waals surface area contributed by atoms with Crippen molar-refractivity contribution in [1.29, 1.82) is 0 Å². The molecule has 34 heavy (non-hydrogen) atoms. The van der Waals surface area contributed by atoms with Crippen molar-refractivity contribution in [3.05, 3.63) is 77.9 Å². The third-order valence-corrected chi connectivity index (χ3v) is 7.61. The number of thioether (sulfide) groups is 1. The first-order valence-electron chi connectivity index (χ1n) is 11.3. The molecule has 1 unspecified atom stereocenters. The zero-order valence-corrected chi connectivity index (χ0v) is 20.6. The minimum Gasteiger partial charge on any atom is -0.376 e. The molecule has 0 bridgehead atoms. The van der Waals surface area contributed by atoms with Gasteiger partial charge in [-0.2, -0.15) is 0 Å². The van der Waals surface area contributed by atoms with Crippen molar-refractivity contribution >= 4 is 39.8 Å². The molecular weight excluding hydrogens is 464 g/mol. The number of carbonyl (C=O) groups is 1. The number of nitrogens with zero attached hydrogens (tertiary/aromatic N) is 4. The lowest BCUT2D eigenvalue weighted by atomic mass is 10.1. The Morgan fingerprint density at radius 3 is 2.65 bits per heavy atom. The number of carbonyl (C=O) groups excluding carboxylic acids is 1. The van der Waals surface area contributed by atoms with Crippen LogP contribution in [0.1, 0.15) is 25.5 Å². The molecule has 1 saturated heterocycles. The Morgan fingerprint density at radius 2 is 1.94 bits per heavy atom. The van der Waals surface area contributed by atoms with Gasteiger partial charge in [0.05, 0.1) is 35.9 Å². The Kier molecular flexibility index (Phi) is 7.08. The predicted octanol–water partition coefficient (Wildman–Crippen LogP) is 6.16. The van der Waals surface area contributed by atoms with Gasteiger partial charge in [0.15, 0.2) is 10.3 Å². The third-order valence-electron chi connectivity index (χ3n) is 5.71. The summed E-state index contributed by atoms with van der Waals surface area (Å²) in [5, 5.41) is 3.66. The van der Waals surface area contributed by atoms with Crippen molar-refractivity contribution < 1.29 is 9.53 Å². The van der Waals surface area contributed by atoms with Crippen LogP contribution in [0.25, 0.3) is 11.3 Å². The van der Waals surface area contributed by atoms with Gasteiger partial charge in [0, 0.05) is 24.7 Å². The molecule has 1 atom stereocenters. The molecular formula is C26H26N4O2S2. The lowest BCUT2D eigenvalue weighted by Gasteiger charge is -2.17. The highest BCUT2D eigenvalue weighted by Gasteiger charge is 2.22. The molecule has 1 amide bonds. The van der Waals surface area contributed by atoms with Crippen molar-refractivity contribution in [2.45, 2.75) is 43.3 Å². The number of benzene rings is 2. The third kappa shape index (κ3) is 5.09. The molecule has 4 aromatic rings. The van der Waals surface area contributed by atoms with Gasteiger partial charge in [-0.15, -0.1) is 11.3 Å². The zero-order chi connectivity index (χ0) is 23.3. The maximum atomic E-state index is 12.3. The molecule has 0 saturated carbocycles. The number of anilines is 2. The van der Waals surface area contributed by atoms with Crippen molar-refractivity contribution in [2.24, 2.45) is 0 Å². The minimum atomic E-state index is -0.0561. The van der Waals surface area contributed by atoms with E-state index in [1.807, 2.05) is 48.0 Å². The standard InChI is InChI=1S/C26H26N4O2S2/c1-19(31)30(22-11-6-3-7-12-22)26-28-21(18-34-26)17-33-25-27-15-24(20-9-4-2-5-10-20)29(25)16-23-13-8-14-32-23/h2-7,9-12,15,18,23H,8,13-14,16-17H2,1H3. The highest BCUT2D eigenvalue weighted by molar-refractivity contribution is 7.98. The summed E-state index contributed by atoms with van der Waals surface area (Å²) in [7, 11) is 0. The monoisotopic (exact) mass is 490 g/mol. The highest BCUT2D eigenvalue weighted by Crippen LogP contribution is 2.33. The summed E-state index contributed by atoms with van der Waals surface area (Å²) in [6.07, 6.45) is 4.35. The molecule has 0 spiro atoms. The highest BCUT2D eigenvalue weighted by atomic mass is 32.2. The summed E-state index contributed by atoms with van der Waals surface area (Å²) in [6, 6.07) is 20.0. The second kappa shape index (κ2) is 10.5. The van der Waals surface area contributed by atoms with Crippen molar-refractivity contribution in [2.75, 3.05) is 11.5 Å². The molecule has 1 aliphatic rings. The van der Waals surface area contributed by atoms with Crippen LogP contribution in [-0.4, -0.2) is 33.2 Å². The van der Waals surface area contributed by atoms with E-state index in [9.17, 15) is 4.79 Å². The number of imidazole rings is 1. The number of amides is 1. The summed E-state index contributed by atoms with van der Waals surface area (Å²) in [5.41, 5.74) is 4.00. The number of hydrogen-bond donors (Lipinski definition) is 0. The zero-order valence-electron chi connectivity index (χ0n) is 19.0. The van der Waals surface area contributed by atoms with Crippen LogP contribution in [0.5, 0.6) is 0 Å². The van der Waals surface area contributed by atoms with Crippen LogP contribution in [0.2, 0.25) is 0 Å². The fraction of sp³-hybridized carbons (Fsp3) is 0.269. The average molecular weight is 491 g/mol.